The number of hydrogen-bond acceptors (Lipinski definition) is 3. The molecule has 1 unspecified atom stereocenters. The Morgan fingerprint density at radius 2 is 1.90 bits per heavy atom. The number of carboxylic acid groups (broad SMARTS) is 1. The summed E-state index contributed by atoms with van der Waals surface area (Å²) < 4.78 is 27.8. The van der Waals surface area contributed by atoms with E-state index in [9.17, 15) is 13.2 Å². The monoisotopic (exact) mass is 311 g/mol. The first-order chi connectivity index (χ1) is 9.72. The zero-order valence-electron chi connectivity index (χ0n) is 12.5. The Balaban J connectivity index is 2.50. The third-order valence-electron chi connectivity index (χ3n) is 4.05. The van der Waals surface area contributed by atoms with E-state index in [1.807, 2.05) is 20.8 Å². The highest BCUT2D eigenvalue weighted by molar-refractivity contribution is 7.89. The van der Waals surface area contributed by atoms with Crippen molar-refractivity contribution in [2.45, 2.75) is 51.0 Å². The smallest absolute Gasteiger partial charge is 0.335 e. The lowest BCUT2D eigenvalue weighted by Crippen LogP contribution is -2.36. The molecule has 0 fully saturated rings. The lowest BCUT2D eigenvalue weighted by Gasteiger charge is -2.19. The van der Waals surface area contributed by atoms with Crippen LogP contribution in [0.3, 0.4) is 0 Å². The van der Waals surface area contributed by atoms with Crippen LogP contribution >= 0.6 is 0 Å². The minimum Gasteiger partial charge on any atom is -0.478 e. The summed E-state index contributed by atoms with van der Waals surface area (Å²) in [5.41, 5.74) is 1.64. The Bertz CT molecular complexity index is 664. The fourth-order valence-corrected chi connectivity index (χ4v) is 4.20. The first-order valence-electron chi connectivity index (χ1n) is 7.14. The van der Waals surface area contributed by atoms with E-state index >= 15 is 0 Å². The Kier molecular flexibility index (Phi) is 4.39. The summed E-state index contributed by atoms with van der Waals surface area (Å²) in [7, 11) is -3.70. The maximum absolute atomic E-state index is 12.6. The quantitative estimate of drug-likeness (QED) is 0.873. The third kappa shape index (κ3) is 3.27. The zero-order chi connectivity index (χ0) is 15.8. The molecule has 1 atom stereocenters. The Labute approximate surface area is 125 Å². The van der Waals surface area contributed by atoms with Crippen molar-refractivity contribution in [3.05, 3.63) is 28.8 Å². The van der Waals surface area contributed by atoms with Gasteiger partial charge in [-0.2, -0.15) is 0 Å². The van der Waals surface area contributed by atoms with Gasteiger partial charge in [0.2, 0.25) is 10.0 Å². The molecule has 1 aromatic carbocycles. The molecule has 0 radical (unpaired) electrons. The molecule has 1 aromatic rings. The normalized spacial score (nSPS) is 16.0. The van der Waals surface area contributed by atoms with E-state index < -0.39 is 16.0 Å². The van der Waals surface area contributed by atoms with Gasteiger partial charge in [-0.15, -0.1) is 0 Å². The molecule has 0 aliphatic heterocycles. The molecule has 116 valence electrons. The molecule has 0 amide bonds. The van der Waals surface area contributed by atoms with Crippen LogP contribution in [0.5, 0.6) is 0 Å². The molecule has 6 heteroatoms. The van der Waals surface area contributed by atoms with E-state index in [1.54, 1.807) is 6.07 Å². The number of fused-ring (bicyclic) bond motifs is 1. The molecule has 0 bridgehead atoms. The molecule has 1 aliphatic rings. The van der Waals surface area contributed by atoms with Crippen molar-refractivity contribution < 1.29 is 18.3 Å². The van der Waals surface area contributed by atoms with Gasteiger partial charge in [0.15, 0.2) is 0 Å². The maximum Gasteiger partial charge on any atom is 0.335 e. The van der Waals surface area contributed by atoms with Crippen molar-refractivity contribution in [1.82, 2.24) is 4.72 Å². The number of nitrogens with one attached hydrogen (secondary N) is 1. The molecule has 2 N–H and O–H groups in total. The van der Waals surface area contributed by atoms with Gasteiger partial charge in [-0.05, 0) is 55.4 Å². The summed E-state index contributed by atoms with van der Waals surface area (Å²) >= 11 is 0. The van der Waals surface area contributed by atoms with Crippen LogP contribution in [-0.4, -0.2) is 25.5 Å². The Hall–Kier alpha value is -1.40. The van der Waals surface area contributed by atoms with Crippen LogP contribution in [0.15, 0.2) is 17.0 Å². The van der Waals surface area contributed by atoms with Crippen LogP contribution in [-0.2, 0) is 22.9 Å². The average Bonchev–Trinajstić information content (AvgIpc) is 2.84. The van der Waals surface area contributed by atoms with Crippen molar-refractivity contribution in [3.63, 3.8) is 0 Å². The van der Waals surface area contributed by atoms with Crippen molar-refractivity contribution in [3.8, 4) is 0 Å². The number of sulfonamides is 1. The van der Waals surface area contributed by atoms with Crippen LogP contribution in [0.2, 0.25) is 0 Å². The lowest BCUT2D eigenvalue weighted by atomic mass is 10.1. The predicted molar refractivity (Wildman–Crippen MR) is 80.0 cm³/mol. The maximum atomic E-state index is 12.6. The molecule has 0 saturated heterocycles. The highest BCUT2D eigenvalue weighted by Gasteiger charge is 2.27. The summed E-state index contributed by atoms with van der Waals surface area (Å²) in [6.07, 6.45) is 2.28. The van der Waals surface area contributed by atoms with Crippen LogP contribution in [0.1, 0.15) is 48.7 Å². The van der Waals surface area contributed by atoms with Crippen molar-refractivity contribution in [2.75, 3.05) is 0 Å². The topological polar surface area (TPSA) is 83.5 Å². The van der Waals surface area contributed by atoms with E-state index in [0.29, 0.717) is 6.42 Å². The van der Waals surface area contributed by atoms with Crippen LogP contribution < -0.4 is 4.72 Å². The number of aryl methyl sites for hydroxylation is 1. The van der Waals surface area contributed by atoms with Gasteiger partial charge in [0.25, 0.3) is 0 Å². The van der Waals surface area contributed by atoms with Gasteiger partial charge in [-0.1, -0.05) is 13.8 Å². The number of benzene rings is 1. The highest BCUT2D eigenvalue weighted by atomic mass is 32.2. The van der Waals surface area contributed by atoms with Gasteiger partial charge in [0.05, 0.1) is 10.5 Å². The summed E-state index contributed by atoms with van der Waals surface area (Å²) in [5, 5.41) is 9.16. The van der Waals surface area contributed by atoms with E-state index in [-0.39, 0.29) is 22.4 Å². The van der Waals surface area contributed by atoms with Crippen LogP contribution in [0.4, 0.5) is 0 Å². The number of aromatic carboxylic acids is 1. The van der Waals surface area contributed by atoms with E-state index in [2.05, 4.69) is 4.72 Å². The van der Waals surface area contributed by atoms with E-state index in [1.165, 1.54) is 6.07 Å². The number of hydrogen-bond donors (Lipinski definition) is 2. The molecule has 0 heterocycles. The molecule has 5 nitrogen and oxygen atoms in total. The second kappa shape index (κ2) is 5.77. The van der Waals surface area contributed by atoms with Gasteiger partial charge in [-0.25, -0.2) is 17.9 Å². The first-order valence-corrected chi connectivity index (χ1v) is 8.62. The minimum absolute atomic E-state index is 0.0354. The summed E-state index contributed by atoms with van der Waals surface area (Å²) in [5.74, 6) is -0.937. The van der Waals surface area contributed by atoms with Gasteiger partial charge < -0.3 is 5.11 Å². The lowest BCUT2D eigenvalue weighted by molar-refractivity contribution is 0.0696. The summed E-state index contributed by atoms with van der Waals surface area (Å²) in [6, 6.07) is 2.66. The first kappa shape index (κ1) is 16.0. The van der Waals surface area contributed by atoms with Crippen molar-refractivity contribution in [2.24, 2.45) is 5.92 Å². The van der Waals surface area contributed by atoms with Gasteiger partial charge in [0.1, 0.15) is 0 Å². The molecule has 1 aliphatic carbocycles. The predicted octanol–water partition coefficient (Wildman–Crippen LogP) is 2.20. The number of carbonyl (C=O) groups is 1. The molecule has 0 saturated carbocycles. The average molecular weight is 311 g/mol. The molecule has 2 rings (SSSR count). The van der Waals surface area contributed by atoms with Crippen molar-refractivity contribution >= 4 is 16.0 Å². The fraction of sp³-hybridized carbons (Fsp3) is 0.533. The number of rotatable bonds is 5. The van der Waals surface area contributed by atoms with E-state index in [0.717, 1.165) is 24.0 Å². The molecular formula is C15H21NO4S. The Morgan fingerprint density at radius 1 is 1.24 bits per heavy atom. The summed E-state index contributed by atoms with van der Waals surface area (Å²) in [6.45, 7) is 5.68. The zero-order valence-corrected chi connectivity index (χ0v) is 13.3. The molecule has 0 spiro atoms. The van der Waals surface area contributed by atoms with Gasteiger partial charge in [0, 0.05) is 6.04 Å². The van der Waals surface area contributed by atoms with Crippen LogP contribution in [0, 0.1) is 5.92 Å². The molecular weight excluding hydrogens is 290 g/mol. The van der Waals surface area contributed by atoms with Crippen molar-refractivity contribution in [1.29, 1.82) is 0 Å². The number of carboxylic acids is 1. The third-order valence-corrected chi connectivity index (χ3v) is 5.68. The second-order valence-electron chi connectivity index (χ2n) is 5.92. The fourth-order valence-electron chi connectivity index (χ4n) is 2.47. The van der Waals surface area contributed by atoms with E-state index in [4.69, 9.17) is 5.11 Å². The SMILES string of the molecule is CC(C)C(C)NS(=O)(=O)c1cc(C(=O)O)cc2c1CCC2. The minimum atomic E-state index is -3.70. The molecule has 21 heavy (non-hydrogen) atoms. The second-order valence-corrected chi connectivity index (χ2v) is 7.61. The van der Waals surface area contributed by atoms with Gasteiger partial charge in [-0.3, -0.25) is 0 Å². The largest absolute Gasteiger partial charge is 0.478 e. The summed E-state index contributed by atoms with van der Waals surface area (Å²) in [4.78, 5) is 11.3. The Morgan fingerprint density at radius 3 is 2.48 bits per heavy atom. The van der Waals surface area contributed by atoms with Gasteiger partial charge >= 0.3 is 5.97 Å². The standard InChI is InChI=1S/C15H21NO4S/c1-9(2)10(3)16-21(19,20)14-8-12(15(17)18)7-11-5-4-6-13(11)14/h7-10,16H,4-6H2,1-3H3,(H,17,18). The molecule has 0 aromatic heterocycles. The van der Waals surface area contributed by atoms with Crippen LogP contribution in [0.25, 0.3) is 0 Å². The highest BCUT2D eigenvalue weighted by Crippen LogP contribution is 2.30.